The number of nitrogens with zero attached hydrogens (tertiary/aromatic N) is 4. The van der Waals surface area contributed by atoms with Crippen LogP contribution in [-0.2, 0) is 0 Å². The van der Waals surface area contributed by atoms with Crippen LogP contribution in [0.25, 0.3) is 5.52 Å². The van der Waals surface area contributed by atoms with Gasteiger partial charge in [0.05, 0.1) is 5.52 Å². The van der Waals surface area contributed by atoms with Crippen LogP contribution in [0, 0.1) is 0 Å². The molecule has 6 heteroatoms. The number of pyridine rings is 1. The van der Waals surface area contributed by atoms with Crippen molar-refractivity contribution < 1.29 is 9.59 Å². The first-order valence-corrected chi connectivity index (χ1v) is 9.84. The molecule has 3 heterocycles. The number of aromatic nitrogens is 2. The molecule has 1 fully saturated rings. The molecule has 2 aromatic heterocycles. The van der Waals surface area contributed by atoms with E-state index in [-0.39, 0.29) is 11.8 Å². The van der Waals surface area contributed by atoms with Crippen LogP contribution in [0.4, 0.5) is 5.69 Å². The van der Waals surface area contributed by atoms with Gasteiger partial charge in [0, 0.05) is 31.5 Å². The van der Waals surface area contributed by atoms with Gasteiger partial charge in [-0.3, -0.25) is 14.0 Å². The Morgan fingerprint density at radius 2 is 1.71 bits per heavy atom. The van der Waals surface area contributed by atoms with Gasteiger partial charge < -0.3 is 9.80 Å². The molecule has 2 amide bonds. The predicted molar refractivity (Wildman–Crippen MR) is 109 cm³/mol. The first-order chi connectivity index (χ1) is 13.7. The van der Waals surface area contributed by atoms with Crippen LogP contribution < -0.4 is 4.90 Å². The molecule has 6 nitrogen and oxygen atoms in total. The second-order valence-corrected chi connectivity index (χ2v) is 6.98. The standard InChI is InChI=1S/C22H24N4O2/c1-2-25(17-11-5-3-6-12-17)21(27)19-18-13-7-10-16-26(18)20(23-19)22(28)24-14-8-4-9-15-24/h3,5-7,10-13,16H,2,4,8-9,14-15H2,1H3. The molecule has 0 saturated carbocycles. The van der Waals surface area contributed by atoms with E-state index in [2.05, 4.69) is 4.98 Å². The van der Waals surface area contributed by atoms with Crippen LogP contribution in [0.2, 0.25) is 0 Å². The number of para-hydroxylation sites is 1. The van der Waals surface area contributed by atoms with Crippen LogP contribution in [0.3, 0.4) is 0 Å². The summed E-state index contributed by atoms with van der Waals surface area (Å²) in [5.74, 6) is 0.00256. The lowest BCUT2D eigenvalue weighted by Crippen LogP contribution is -2.36. The van der Waals surface area contributed by atoms with Gasteiger partial charge in [0.2, 0.25) is 5.82 Å². The largest absolute Gasteiger partial charge is 0.336 e. The highest BCUT2D eigenvalue weighted by molar-refractivity contribution is 6.10. The van der Waals surface area contributed by atoms with Crippen LogP contribution >= 0.6 is 0 Å². The summed E-state index contributed by atoms with van der Waals surface area (Å²) in [5.41, 5.74) is 1.78. The summed E-state index contributed by atoms with van der Waals surface area (Å²) in [6.45, 7) is 3.94. The van der Waals surface area contributed by atoms with E-state index in [1.807, 2.05) is 60.4 Å². The third-order valence-corrected chi connectivity index (χ3v) is 5.21. The Morgan fingerprint density at radius 3 is 2.43 bits per heavy atom. The van der Waals surface area contributed by atoms with E-state index in [1.54, 1.807) is 15.5 Å². The Morgan fingerprint density at radius 1 is 1.00 bits per heavy atom. The van der Waals surface area contributed by atoms with Crippen molar-refractivity contribution in [2.75, 3.05) is 24.5 Å². The molecule has 1 aliphatic rings. The van der Waals surface area contributed by atoms with Crippen molar-refractivity contribution in [3.8, 4) is 0 Å². The maximum absolute atomic E-state index is 13.3. The molecule has 0 unspecified atom stereocenters. The van der Waals surface area contributed by atoms with Crippen LogP contribution in [0.5, 0.6) is 0 Å². The van der Waals surface area contributed by atoms with Crippen LogP contribution in [-0.4, -0.2) is 45.7 Å². The maximum atomic E-state index is 13.3. The molecule has 144 valence electrons. The van der Waals surface area contributed by atoms with E-state index in [1.165, 1.54) is 0 Å². The van der Waals surface area contributed by atoms with E-state index < -0.39 is 0 Å². The van der Waals surface area contributed by atoms with Gasteiger partial charge in [-0.1, -0.05) is 24.3 Å². The van der Waals surface area contributed by atoms with Crippen molar-refractivity contribution in [2.45, 2.75) is 26.2 Å². The normalized spacial score (nSPS) is 14.2. The third-order valence-electron chi connectivity index (χ3n) is 5.21. The number of rotatable bonds is 4. The molecule has 0 N–H and O–H groups in total. The van der Waals surface area contributed by atoms with Crippen molar-refractivity contribution in [3.63, 3.8) is 0 Å². The lowest BCUT2D eigenvalue weighted by molar-refractivity contribution is 0.0711. The van der Waals surface area contributed by atoms with Gasteiger partial charge in [-0.15, -0.1) is 0 Å². The third kappa shape index (κ3) is 3.26. The fourth-order valence-electron chi connectivity index (χ4n) is 3.76. The Kier molecular flexibility index (Phi) is 5.10. The van der Waals surface area contributed by atoms with Gasteiger partial charge in [0.25, 0.3) is 11.8 Å². The zero-order chi connectivity index (χ0) is 19.5. The Labute approximate surface area is 164 Å². The molecule has 0 atom stereocenters. The lowest BCUT2D eigenvalue weighted by atomic mass is 10.1. The molecule has 1 saturated heterocycles. The first-order valence-electron chi connectivity index (χ1n) is 9.84. The fourth-order valence-corrected chi connectivity index (χ4v) is 3.76. The molecule has 28 heavy (non-hydrogen) atoms. The molecule has 4 rings (SSSR count). The second kappa shape index (κ2) is 7.84. The summed E-state index contributed by atoms with van der Waals surface area (Å²) < 4.78 is 1.74. The number of hydrogen-bond acceptors (Lipinski definition) is 3. The van der Waals surface area contributed by atoms with Crippen molar-refractivity contribution >= 4 is 23.0 Å². The number of carbonyl (C=O) groups excluding carboxylic acids is 2. The zero-order valence-electron chi connectivity index (χ0n) is 16.0. The lowest BCUT2D eigenvalue weighted by Gasteiger charge is -2.25. The minimum absolute atomic E-state index is 0.109. The summed E-state index contributed by atoms with van der Waals surface area (Å²) in [5, 5.41) is 0. The molecule has 1 aromatic carbocycles. The summed E-state index contributed by atoms with van der Waals surface area (Å²) in [7, 11) is 0. The molecular weight excluding hydrogens is 352 g/mol. The van der Waals surface area contributed by atoms with E-state index >= 15 is 0 Å². The van der Waals surface area contributed by atoms with Crippen molar-refractivity contribution in [3.05, 3.63) is 66.2 Å². The highest BCUT2D eigenvalue weighted by Gasteiger charge is 2.28. The quantitative estimate of drug-likeness (QED) is 0.699. The maximum Gasteiger partial charge on any atom is 0.290 e. The summed E-state index contributed by atoms with van der Waals surface area (Å²) in [6, 6.07) is 15.1. The second-order valence-electron chi connectivity index (χ2n) is 6.98. The van der Waals surface area contributed by atoms with Gasteiger partial charge in [0.1, 0.15) is 0 Å². The van der Waals surface area contributed by atoms with Crippen LogP contribution in [0.15, 0.2) is 54.7 Å². The highest BCUT2D eigenvalue weighted by atomic mass is 16.2. The minimum Gasteiger partial charge on any atom is -0.336 e. The summed E-state index contributed by atoms with van der Waals surface area (Å²) in [4.78, 5) is 34.5. The highest BCUT2D eigenvalue weighted by Crippen LogP contribution is 2.21. The molecule has 0 spiro atoms. The monoisotopic (exact) mass is 376 g/mol. The Hall–Kier alpha value is -3.15. The topological polar surface area (TPSA) is 57.9 Å². The summed E-state index contributed by atoms with van der Waals surface area (Å²) in [6.07, 6.45) is 4.98. The molecular formula is C22H24N4O2. The molecule has 1 aliphatic heterocycles. The number of likely N-dealkylation sites (tertiary alicyclic amines) is 1. The van der Waals surface area contributed by atoms with Gasteiger partial charge in [0.15, 0.2) is 5.69 Å². The number of piperidine rings is 1. The number of fused-ring (bicyclic) bond motifs is 1. The molecule has 0 radical (unpaired) electrons. The van der Waals surface area contributed by atoms with Gasteiger partial charge >= 0.3 is 0 Å². The smallest absolute Gasteiger partial charge is 0.290 e. The van der Waals surface area contributed by atoms with E-state index in [4.69, 9.17) is 0 Å². The van der Waals surface area contributed by atoms with Gasteiger partial charge in [-0.05, 0) is 50.5 Å². The summed E-state index contributed by atoms with van der Waals surface area (Å²) >= 11 is 0. The van der Waals surface area contributed by atoms with E-state index in [0.717, 1.165) is 38.0 Å². The van der Waals surface area contributed by atoms with Gasteiger partial charge in [-0.25, -0.2) is 4.98 Å². The van der Waals surface area contributed by atoms with Crippen molar-refractivity contribution in [1.29, 1.82) is 0 Å². The number of hydrogen-bond donors (Lipinski definition) is 0. The van der Waals surface area contributed by atoms with E-state index in [0.29, 0.717) is 23.6 Å². The fraction of sp³-hybridized carbons (Fsp3) is 0.318. The minimum atomic E-state index is -0.199. The van der Waals surface area contributed by atoms with E-state index in [9.17, 15) is 9.59 Å². The van der Waals surface area contributed by atoms with Crippen molar-refractivity contribution in [1.82, 2.24) is 14.3 Å². The molecule has 0 aliphatic carbocycles. The number of carbonyl (C=O) groups is 2. The van der Waals surface area contributed by atoms with Gasteiger partial charge in [-0.2, -0.15) is 0 Å². The van der Waals surface area contributed by atoms with Crippen LogP contribution in [0.1, 0.15) is 47.3 Å². The number of anilines is 1. The predicted octanol–water partition coefficient (Wildman–Crippen LogP) is 3.63. The zero-order valence-corrected chi connectivity index (χ0v) is 16.0. The number of benzene rings is 1. The average molecular weight is 376 g/mol. The average Bonchev–Trinajstić information content (AvgIpc) is 3.15. The SMILES string of the molecule is CCN(C(=O)c1nc(C(=O)N2CCCCC2)n2ccccc12)c1ccccc1. The molecule has 0 bridgehead atoms. The van der Waals surface area contributed by atoms with Crippen molar-refractivity contribution in [2.24, 2.45) is 0 Å². The molecule has 3 aromatic rings. The number of imidazole rings is 1. The Balaban J connectivity index is 1.75. The first kappa shape index (κ1) is 18.2. The number of amides is 2. The Bertz CT molecular complexity index is 990.